The molecule has 7 heteroatoms. The zero-order valence-corrected chi connectivity index (χ0v) is 11.1. The van der Waals surface area contributed by atoms with Crippen LogP contribution in [0.4, 0.5) is 10.5 Å². The predicted molar refractivity (Wildman–Crippen MR) is 70.5 cm³/mol. The van der Waals surface area contributed by atoms with Crippen LogP contribution >= 0.6 is 11.8 Å². The number of nitrogens with zero attached hydrogens (tertiary/aromatic N) is 1. The Morgan fingerprint density at radius 2 is 2.11 bits per heavy atom. The van der Waals surface area contributed by atoms with Gasteiger partial charge in [0.25, 0.3) is 5.69 Å². The number of carbonyl (C=O) groups is 1. The van der Waals surface area contributed by atoms with Gasteiger partial charge >= 0.3 is 6.16 Å². The minimum Gasteiger partial charge on any atom is -0.429 e. The van der Waals surface area contributed by atoms with Crippen molar-refractivity contribution in [3.8, 4) is 5.75 Å². The SMILES string of the molecule is CC1SCCC1OC(=O)Oc1ccc([N+](=O)[O-])cc1. The van der Waals surface area contributed by atoms with Gasteiger partial charge in [0.1, 0.15) is 11.9 Å². The second-order valence-electron chi connectivity index (χ2n) is 4.12. The van der Waals surface area contributed by atoms with Gasteiger partial charge in [-0.05, 0) is 31.2 Å². The molecular weight excluding hydrogens is 270 g/mol. The minimum absolute atomic E-state index is 0.0541. The number of non-ortho nitro benzene ring substituents is 1. The Morgan fingerprint density at radius 1 is 1.42 bits per heavy atom. The van der Waals surface area contributed by atoms with Gasteiger partial charge in [-0.3, -0.25) is 10.1 Å². The molecule has 0 radical (unpaired) electrons. The van der Waals surface area contributed by atoms with Crippen LogP contribution in [0.25, 0.3) is 0 Å². The van der Waals surface area contributed by atoms with Crippen molar-refractivity contribution >= 4 is 23.6 Å². The Balaban J connectivity index is 1.89. The molecule has 19 heavy (non-hydrogen) atoms. The summed E-state index contributed by atoms with van der Waals surface area (Å²) in [5, 5.41) is 10.7. The van der Waals surface area contributed by atoms with E-state index in [9.17, 15) is 14.9 Å². The molecule has 6 nitrogen and oxygen atoms in total. The topological polar surface area (TPSA) is 78.7 Å². The highest BCUT2D eigenvalue weighted by atomic mass is 32.2. The van der Waals surface area contributed by atoms with Crippen LogP contribution in [0.2, 0.25) is 0 Å². The van der Waals surface area contributed by atoms with E-state index in [0.29, 0.717) is 0 Å². The first-order valence-corrected chi connectivity index (χ1v) is 6.85. The molecule has 1 aromatic carbocycles. The van der Waals surface area contributed by atoms with Crippen LogP contribution in [0.3, 0.4) is 0 Å². The van der Waals surface area contributed by atoms with Crippen molar-refractivity contribution in [2.24, 2.45) is 0 Å². The predicted octanol–water partition coefficient (Wildman–Crippen LogP) is 3.00. The van der Waals surface area contributed by atoms with Crippen LogP contribution in [0.1, 0.15) is 13.3 Å². The molecule has 1 saturated heterocycles. The molecule has 2 atom stereocenters. The normalized spacial score (nSPS) is 21.9. The van der Waals surface area contributed by atoms with Gasteiger partial charge in [-0.25, -0.2) is 4.79 Å². The largest absolute Gasteiger partial charge is 0.514 e. The van der Waals surface area contributed by atoms with Crippen molar-refractivity contribution in [2.75, 3.05) is 5.75 Å². The highest BCUT2D eigenvalue weighted by Crippen LogP contribution is 2.29. The summed E-state index contributed by atoms with van der Waals surface area (Å²) < 4.78 is 10.2. The average Bonchev–Trinajstić information content (AvgIpc) is 2.75. The maximum Gasteiger partial charge on any atom is 0.514 e. The summed E-state index contributed by atoms with van der Waals surface area (Å²) in [5.41, 5.74) is -0.0541. The number of nitro benzene ring substituents is 1. The summed E-state index contributed by atoms with van der Waals surface area (Å²) >= 11 is 1.75. The Kier molecular flexibility index (Phi) is 4.26. The number of ether oxygens (including phenoxy) is 2. The third-order valence-electron chi connectivity index (χ3n) is 2.80. The van der Waals surface area contributed by atoms with E-state index in [1.54, 1.807) is 11.8 Å². The summed E-state index contributed by atoms with van der Waals surface area (Å²) in [7, 11) is 0. The van der Waals surface area contributed by atoms with Crippen molar-refractivity contribution < 1.29 is 19.2 Å². The lowest BCUT2D eigenvalue weighted by molar-refractivity contribution is -0.384. The zero-order chi connectivity index (χ0) is 13.8. The lowest BCUT2D eigenvalue weighted by Crippen LogP contribution is -2.24. The Labute approximate surface area is 114 Å². The lowest BCUT2D eigenvalue weighted by Gasteiger charge is -2.14. The zero-order valence-electron chi connectivity index (χ0n) is 10.3. The summed E-state index contributed by atoms with van der Waals surface area (Å²) in [6.45, 7) is 2.00. The van der Waals surface area contributed by atoms with Gasteiger partial charge in [-0.1, -0.05) is 0 Å². The van der Waals surface area contributed by atoms with E-state index in [-0.39, 0.29) is 22.8 Å². The number of benzene rings is 1. The molecule has 1 aliphatic rings. The molecule has 0 bridgehead atoms. The van der Waals surface area contributed by atoms with Crippen molar-refractivity contribution in [3.63, 3.8) is 0 Å². The molecule has 1 aliphatic heterocycles. The first-order valence-electron chi connectivity index (χ1n) is 5.81. The standard InChI is InChI=1S/C12H13NO5S/c1-8-11(6-7-19-8)18-12(14)17-10-4-2-9(3-5-10)13(15)16/h2-5,8,11H,6-7H2,1H3. The molecule has 102 valence electrons. The monoisotopic (exact) mass is 283 g/mol. The molecule has 1 heterocycles. The third-order valence-corrected chi connectivity index (χ3v) is 4.10. The third kappa shape index (κ3) is 3.60. The Bertz CT molecular complexity index is 476. The summed E-state index contributed by atoms with van der Waals surface area (Å²) in [6, 6.07) is 5.28. The Hall–Kier alpha value is -1.76. The van der Waals surface area contributed by atoms with E-state index >= 15 is 0 Å². The first kappa shape index (κ1) is 13.7. The van der Waals surface area contributed by atoms with Crippen molar-refractivity contribution in [1.29, 1.82) is 0 Å². The summed E-state index contributed by atoms with van der Waals surface area (Å²) in [5.74, 6) is 1.20. The molecule has 1 fully saturated rings. The number of rotatable bonds is 3. The number of carbonyl (C=O) groups excluding carboxylic acids is 1. The average molecular weight is 283 g/mol. The quantitative estimate of drug-likeness (QED) is 0.367. The molecule has 0 spiro atoms. The molecule has 0 saturated carbocycles. The molecule has 1 aromatic rings. The maximum atomic E-state index is 11.5. The second-order valence-corrected chi connectivity index (χ2v) is 5.61. The van der Waals surface area contributed by atoms with E-state index < -0.39 is 11.1 Å². The van der Waals surface area contributed by atoms with Crippen LogP contribution in [-0.4, -0.2) is 28.2 Å². The maximum absolute atomic E-state index is 11.5. The number of nitro groups is 1. The summed E-state index contributed by atoms with van der Waals surface area (Å²) in [6.07, 6.45) is -0.0787. The number of thioether (sulfide) groups is 1. The fraction of sp³-hybridized carbons (Fsp3) is 0.417. The molecule has 2 rings (SSSR count). The van der Waals surface area contributed by atoms with Gasteiger partial charge in [0.2, 0.25) is 0 Å². The fourth-order valence-electron chi connectivity index (χ4n) is 1.75. The van der Waals surface area contributed by atoms with Crippen LogP contribution in [-0.2, 0) is 4.74 Å². The highest BCUT2D eigenvalue weighted by Gasteiger charge is 2.28. The van der Waals surface area contributed by atoms with Crippen molar-refractivity contribution in [1.82, 2.24) is 0 Å². The van der Waals surface area contributed by atoms with Gasteiger partial charge in [0.15, 0.2) is 0 Å². The van der Waals surface area contributed by atoms with E-state index in [0.717, 1.165) is 12.2 Å². The summed E-state index contributed by atoms with van der Waals surface area (Å²) in [4.78, 5) is 21.5. The molecule has 0 amide bonds. The van der Waals surface area contributed by atoms with Gasteiger partial charge in [0.05, 0.1) is 4.92 Å². The van der Waals surface area contributed by atoms with E-state index in [4.69, 9.17) is 9.47 Å². The molecule has 2 unspecified atom stereocenters. The van der Waals surface area contributed by atoms with Crippen LogP contribution in [0.5, 0.6) is 5.75 Å². The van der Waals surface area contributed by atoms with Crippen LogP contribution < -0.4 is 4.74 Å². The van der Waals surface area contributed by atoms with Crippen molar-refractivity contribution in [2.45, 2.75) is 24.7 Å². The minimum atomic E-state index is -0.770. The van der Waals surface area contributed by atoms with E-state index in [1.807, 2.05) is 6.92 Å². The highest BCUT2D eigenvalue weighted by molar-refractivity contribution is 8.00. The van der Waals surface area contributed by atoms with Crippen LogP contribution in [0, 0.1) is 10.1 Å². The van der Waals surface area contributed by atoms with Gasteiger partial charge < -0.3 is 9.47 Å². The fourth-order valence-corrected chi connectivity index (χ4v) is 2.89. The molecule has 0 aromatic heterocycles. The van der Waals surface area contributed by atoms with E-state index in [2.05, 4.69) is 0 Å². The van der Waals surface area contributed by atoms with Gasteiger partial charge in [-0.15, -0.1) is 0 Å². The lowest BCUT2D eigenvalue weighted by atomic mass is 10.2. The Morgan fingerprint density at radius 3 is 2.63 bits per heavy atom. The number of hydrogen-bond donors (Lipinski definition) is 0. The number of hydrogen-bond acceptors (Lipinski definition) is 6. The molecule has 0 N–H and O–H groups in total. The van der Waals surface area contributed by atoms with E-state index in [1.165, 1.54) is 24.3 Å². The second kappa shape index (κ2) is 5.92. The smallest absolute Gasteiger partial charge is 0.429 e. The van der Waals surface area contributed by atoms with Gasteiger partial charge in [0, 0.05) is 17.4 Å². The molecule has 0 aliphatic carbocycles. The van der Waals surface area contributed by atoms with Crippen molar-refractivity contribution in [3.05, 3.63) is 34.4 Å². The van der Waals surface area contributed by atoms with Gasteiger partial charge in [-0.2, -0.15) is 11.8 Å². The van der Waals surface area contributed by atoms with Crippen LogP contribution in [0.15, 0.2) is 24.3 Å². The molecular formula is C12H13NO5S. The first-order chi connectivity index (χ1) is 9.06.